The average molecular weight is 178 g/mol. The van der Waals surface area contributed by atoms with Crippen LogP contribution in [0.15, 0.2) is 30.8 Å². The molecule has 0 aromatic heterocycles. The fourth-order valence-corrected chi connectivity index (χ4v) is 0.934. The summed E-state index contributed by atoms with van der Waals surface area (Å²) >= 11 is 4.80. The van der Waals surface area contributed by atoms with Gasteiger partial charge in [0.25, 0.3) is 0 Å². The molecule has 0 fully saturated rings. The van der Waals surface area contributed by atoms with E-state index in [4.69, 9.17) is 17.0 Å². The maximum Gasteiger partial charge on any atom is 0.164 e. The first-order chi connectivity index (χ1) is 5.72. The van der Waals surface area contributed by atoms with E-state index < -0.39 is 0 Å². The number of hydrogen-bond acceptors (Lipinski definition) is 2. The third kappa shape index (κ3) is 2.47. The van der Waals surface area contributed by atoms with Crippen molar-refractivity contribution in [1.29, 1.82) is 0 Å². The predicted molar refractivity (Wildman–Crippen MR) is 55.4 cm³/mol. The Hall–Kier alpha value is -1.15. The van der Waals surface area contributed by atoms with Gasteiger partial charge >= 0.3 is 0 Å². The van der Waals surface area contributed by atoms with Crippen LogP contribution >= 0.6 is 12.2 Å². The van der Waals surface area contributed by atoms with Gasteiger partial charge in [-0.05, 0) is 29.9 Å². The van der Waals surface area contributed by atoms with Crippen LogP contribution < -0.4 is 4.74 Å². The zero-order chi connectivity index (χ0) is 8.97. The van der Waals surface area contributed by atoms with Crippen molar-refractivity contribution in [3.05, 3.63) is 36.4 Å². The van der Waals surface area contributed by atoms with Crippen LogP contribution in [0.3, 0.4) is 0 Å². The highest BCUT2D eigenvalue weighted by Crippen LogP contribution is 2.12. The second-order valence-corrected chi connectivity index (χ2v) is 2.94. The lowest BCUT2D eigenvalue weighted by Crippen LogP contribution is -1.97. The molecule has 0 amide bonds. The Morgan fingerprint density at radius 1 is 1.42 bits per heavy atom. The van der Waals surface area contributed by atoms with Crippen LogP contribution in [0, 0.1) is 0 Å². The minimum Gasteiger partial charge on any atom is -0.451 e. The van der Waals surface area contributed by atoms with Crippen molar-refractivity contribution in [3.8, 4) is 5.75 Å². The lowest BCUT2D eigenvalue weighted by molar-refractivity contribution is 0.561. The molecule has 1 rings (SSSR count). The molecule has 0 unspecified atom stereocenters. The quantitative estimate of drug-likeness (QED) is 0.644. The molecule has 12 heavy (non-hydrogen) atoms. The van der Waals surface area contributed by atoms with Gasteiger partial charge in [-0.15, -0.1) is 0 Å². The highest BCUT2D eigenvalue weighted by atomic mass is 32.1. The minimum atomic E-state index is 0.529. The minimum absolute atomic E-state index is 0.529. The van der Waals surface area contributed by atoms with Gasteiger partial charge in [0.1, 0.15) is 5.75 Å². The fourth-order valence-electron chi connectivity index (χ4n) is 0.838. The first kappa shape index (κ1) is 8.94. The van der Waals surface area contributed by atoms with E-state index in [0.717, 1.165) is 11.3 Å². The van der Waals surface area contributed by atoms with Crippen LogP contribution in [-0.4, -0.2) is 5.05 Å². The smallest absolute Gasteiger partial charge is 0.164 e. The van der Waals surface area contributed by atoms with Crippen molar-refractivity contribution < 1.29 is 4.74 Å². The van der Waals surface area contributed by atoms with Gasteiger partial charge in [-0.3, -0.25) is 0 Å². The van der Waals surface area contributed by atoms with Crippen LogP contribution in [0.1, 0.15) is 12.5 Å². The molecule has 0 saturated carbocycles. The maximum atomic E-state index is 5.21. The summed E-state index contributed by atoms with van der Waals surface area (Å²) in [6.45, 7) is 5.40. The Morgan fingerprint density at radius 2 is 2.00 bits per heavy atom. The van der Waals surface area contributed by atoms with Gasteiger partial charge in [0.05, 0.1) is 0 Å². The summed E-state index contributed by atoms with van der Waals surface area (Å²) in [5, 5.41) is 0.529. The van der Waals surface area contributed by atoms with Crippen LogP contribution in [0.5, 0.6) is 5.75 Å². The molecule has 0 N–H and O–H groups in total. The number of hydrogen-bond donors (Lipinski definition) is 0. The summed E-state index contributed by atoms with van der Waals surface area (Å²) in [7, 11) is 0. The Kier molecular flexibility index (Phi) is 3.00. The molecular weight excluding hydrogens is 168 g/mol. The van der Waals surface area contributed by atoms with Crippen LogP contribution in [0.25, 0.3) is 6.08 Å². The Morgan fingerprint density at radius 3 is 2.42 bits per heavy atom. The van der Waals surface area contributed by atoms with Gasteiger partial charge in [-0.2, -0.15) is 0 Å². The normalized spacial score (nSPS) is 9.08. The van der Waals surface area contributed by atoms with Crippen LogP contribution in [0.4, 0.5) is 0 Å². The molecule has 0 radical (unpaired) electrons. The predicted octanol–water partition coefficient (Wildman–Crippen LogP) is 3.06. The van der Waals surface area contributed by atoms with Gasteiger partial charge in [-0.1, -0.05) is 24.8 Å². The summed E-state index contributed by atoms with van der Waals surface area (Å²) in [6.07, 6.45) is 1.79. The average Bonchev–Trinajstić information content (AvgIpc) is 2.05. The van der Waals surface area contributed by atoms with Gasteiger partial charge in [0, 0.05) is 6.92 Å². The van der Waals surface area contributed by atoms with Gasteiger partial charge < -0.3 is 4.74 Å². The van der Waals surface area contributed by atoms with E-state index in [0.29, 0.717) is 5.05 Å². The molecule has 0 saturated heterocycles. The second kappa shape index (κ2) is 4.02. The Labute approximate surface area is 77.7 Å². The molecule has 1 aromatic carbocycles. The summed E-state index contributed by atoms with van der Waals surface area (Å²) in [5.41, 5.74) is 1.07. The Balaban J connectivity index is 2.77. The third-order valence-electron chi connectivity index (χ3n) is 1.38. The zero-order valence-corrected chi connectivity index (χ0v) is 7.73. The lowest BCUT2D eigenvalue weighted by atomic mass is 10.2. The summed E-state index contributed by atoms with van der Waals surface area (Å²) in [4.78, 5) is 0. The lowest BCUT2D eigenvalue weighted by Gasteiger charge is -2.02. The zero-order valence-electron chi connectivity index (χ0n) is 6.91. The summed E-state index contributed by atoms with van der Waals surface area (Å²) < 4.78 is 5.21. The van der Waals surface area contributed by atoms with E-state index in [1.807, 2.05) is 24.3 Å². The van der Waals surface area contributed by atoms with Gasteiger partial charge in [-0.25, -0.2) is 0 Å². The topological polar surface area (TPSA) is 9.23 Å². The van der Waals surface area contributed by atoms with E-state index in [-0.39, 0.29) is 0 Å². The number of ether oxygens (including phenoxy) is 1. The first-order valence-corrected chi connectivity index (χ1v) is 4.04. The fraction of sp³-hybridized carbons (Fsp3) is 0.100. The van der Waals surface area contributed by atoms with E-state index >= 15 is 0 Å². The number of thiocarbonyl (C=S) groups is 1. The molecule has 1 aromatic rings. The monoisotopic (exact) mass is 178 g/mol. The van der Waals surface area contributed by atoms with Gasteiger partial charge in [0.2, 0.25) is 0 Å². The molecule has 2 heteroatoms. The number of rotatable bonds is 2. The number of benzene rings is 1. The highest BCUT2D eigenvalue weighted by Gasteiger charge is 1.93. The van der Waals surface area contributed by atoms with Crippen molar-refractivity contribution in [3.63, 3.8) is 0 Å². The molecular formula is C10H10OS. The first-order valence-electron chi connectivity index (χ1n) is 3.63. The van der Waals surface area contributed by atoms with Crippen molar-refractivity contribution in [2.24, 2.45) is 0 Å². The maximum absolute atomic E-state index is 5.21. The van der Waals surface area contributed by atoms with E-state index in [2.05, 4.69) is 6.58 Å². The SMILES string of the molecule is C=Cc1ccc(OC(C)=S)cc1. The van der Waals surface area contributed by atoms with Crippen molar-refractivity contribution in [2.75, 3.05) is 0 Å². The largest absolute Gasteiger partial charge is 0.451 e. The highest BCUT2D eigenvalue weighted by molar-refractivity contribution is 7.80. The molecule has 0 atom stereocenters. The molecule has 0 aliphatic rings. The molecule has 0 spiro atoms. The van der Waals surface area contributed by atoms with Crippen molar-refractivity contribution in [1.82, 2.24) is 0 Å². The molecule has 0 aliphatic carbocycles. The van der Waals surface area contributed by atoms with Crippen LogP contribution in [-0.2, 0) is 0 Å². The van der Waals surface area contributed by atoms with E-state index in [9.17, 15) is 0 Å². The molecule has 0 aliphatic heterocycles. The summed E-state index contributed by atoms with van der Waals surface area (Å²) in [5.74, 6) is 0.771. The van der Waals surface area contributed by atoms with Crippen molar-refractivity contribution in [2.45, 2.75) is 6.92 Å². The Bertz CT molecular complexity index is 287. The second-order valence-electron chi connectivity index (χ2n) is 2.37. The molecule has 0 bridgehead atoms. The standard InChI is InChI=1S/C10H10OS/c1-3-9-4-6-10(7-5-9)11-8(2)12/h3-7H,1H2,2H3. The molecule has 62 valence electrons. The van der Waals surface area contributed by atoms with Crippen LogP contribution in [0.2, 0.25) is 0 Å². The van der Waals surface area contributed by atoms with E-state index in [1.165, 1.54) is 0 Å². The third-order valence-corrected chi connectivity index (χ3v) is 1.46. The van der Waals surface area contributed by atoms with Crippen molar-refractivity contribution >= 4 is 23.3 Å². The van der Waals surface area contributed by atoms with Gasteiger partial charge in [0.15, 0.2) is 5.05 Å². The van der Waals surface area contributed by atoms with E-state index in [1.54, 1.807) is 13.0 Å². The molecule has 0 heterocycles. The summed E-state index contributed by atoms with van der Waals surface area (Å²) in [6, 6.07) is 7.60. The molecule has 1 nitrogen and oxygen atoms in total.